The molecule has 0 radical (unpaired) electrons. The van der Waals surface area contributed by atoms with Gasteiger partial charge in [0.25, 0.3) is 0 Å². The number of rotatable bonds is 6. The van der Waals surface area contributed by atoms with Crippen molar-refractivity contribution in [3.63, 3.8) is 0 Å². The molecule has 0 aliphatic heterocycles. The van der Waals surface area contributed by atoms with Crippen molar-refractivity contribution in [1.29, 1.82) is 0 Å². The Morgan fingerprint density at radius 3 is 2.86 bits per heavy atom. The Balaban J connectivity index is 1.89. The second-order valence-corrected chi connectivity index (χ2v) is 5.19. The first-order valence-corrected chi connectivity index (χ1v) is 7.00. The van der Waals surface area contributed by atoms with Gasteiger partial charge in [-0.1, -0.05) is 29.3 Å². The average molecular weight is 326 g/mol. The lowest BCUT2D eigenvalue weighted by Crippen LogP contribution is -2.20. The highest BCUT2D eigenvalue weighted by atomic mass is 35.5. The SMILES string of the molecule is O=C(O)c1cncnc1CNCCc1ccc(Cl)cc1Cl. The molecule has 1 aromatic heterocycles. The second-order valence-electron chi connectivity index (χ2n) is 4.35. The molecule has 0 amide bonds. The topological polar surface area (TPSA) is 75.1 Å². The third kappa shape index (κ3) is 4.39. The van der Waals surface area contributed by atoms with Crippen molar-refractivity contribution in [2.75, 3.05) is 6.54 Å². The Kier molecular flexibility index (Phi) is 5.50. The van der Waals surface area contributed by atoms with Gasteiger partial charge >= 0.3 is 5.97 Å². The summed E-state index contributed by atoms with van der Waals surface area (Å²) >= 11 is 11.9. The van der Waals surface area contributed by atoms with Crippen LogP contribution in [0.4, 0.5) is 0 Å². The summed E-state index contributed by atoms with van der Waals surface area (Å²) in [7, 11) is 0. The number of hydrogen-bond acceptors (Lipinski definition) is 4. The third-order valence-electron chi connectivity index (χ3n) is 2.90. The van der Waals surface area contributed by atoms with Crippen LogP contribution in [0.15, 0.2) is 30.7 Å². The smallest absolute Gasteiger partial charge is 0.339 e. The van der Waals surface area contributed by atoms with Gasteiger partial charge in [0, 0.05) is 22.8 Å². The first kappa shape index (κ1) is 15.7. The molecule has 0 atom stereocenters. The molecule has 5 nitrogen and oxygen atoms in total. The average Bonchev–Trinajstić information content (AvgIpc) is 2.45. The Labute approximate surface area is 131 Å². The van der Waals surface area contributed by atoms with E-state index in [2.05, 4.69) is 15.3 Å². The predicted molar refractivity (Wildman–Crippen MR) is 80.9 cm³/mol. The zero-order valence-electron chi connectivity index (χ0n) is 11.0. The third-order valence-corrected chi connectivity index (χ3v) is 3.49. The van der Waals surface area contributed by atoms with Gasteiger partial charge in [-0.25, -0.2) is 14.8 Å². The Bertz CT molecular complexity index is 650. The number of aromatic carboxylic acids is 1. The maximum atomic E-state index is 11.0. The minimum absolute atomic E-state index is 0.106. The van der Waals surface area contributed by atoms with Crippen LogP contribution in [0.1, 0.15) is 21.6 Å². The summed E-state index contributed by atoms with van der Waals surface area (Å²) in [5, 5.41) is 13.4. The fourth-order valence-electron chi connectivity index (χ4n) is 1.83. The van der Waals surface area contributed by atoms with Gasteiger partial charge in [-0.15, -0.1) is 0 Å². The lowest BCUT2D eigenvalue weighted by Gasteiger charge is -2.08. The molecule has 1 aromatic carbocycles. The largest absolute Gasteiger partial charge is 0.478 e. The van der Waals surface area contributed by atoms with Gasteiger partial charge in [0.05, 0.1) is 5.69 Å². The molecule has 21 heavy (non-hydrogen) atoms. The monoisotopic (exact) mass is 325 g/mol. The molecule has 0 bridgehead atoms. The number of hydrogen-bond donors (Lipinski definition) is 2. The van der Waals surface area contributed by atoms with E-state index in [1.54, 1.807) is 12.1 Å². The van der Waals surface area contributed by atoms with E-state index < -0.39 is 5.97 Å². The number of carboxylic acid groups (broad SMARTS) is 1. The van der Waals surface area contributed by atoms with Crippen LogP contribution >= 0.6 is 23.2 Å². The van der Waals surface area contributed by atoms with E-state index in [0.717, 1.165) is 5.56 Å². The lowest BCUT2D eigenvalue weighted by atomic mass is 10.1. The highest BCUT2D eigenvalue weighted by Crippen LogP contribution is 2.21. The number of carboxylic acids is 1. The van der Waals surface area contributed by atoms with Crippen molar-refractivity contribution in [1.82, 2.24) is 15.3 Å². The van der Waals surface area contributed by atoms with Crippen LogP contribution in [-0.2, 0) is 13.0 Å². The van der Waals surface area contributed by atoms with E-state index in [0.29, 0.717) is 35.2 Å². The molecule has 2 rings (SSSR count). The molecule has 0 aliphatic carbocycles. The van der Waals surface area contributed by atoms with Crippen molar-refractivity contribution < 1.29 is 9.90 Å². The molecule has 2 N–H and O–H groups in total. The summed E-state index contributed by atoms with van der Waals surface area (Å²) in [6.07, 6.45) is 3.34. The first-order chi connectivity index (χ1) is 10.1. The van der Waals surface area contributed by atoms with Gasteiger partial charge in [0.15, 0.2) is 0 Å². The van der Waals surface area contributed by atoms with E-state index in [-0.39, 0.29) is 5.56 Å². The summed E-state index contributed by atoms with van der Waals surface area (Å²) < 4.78 is 0. The molecule has 0 saturated heterocycles. The van der Waals surface area contributed by atoms with Crippen molar-refractivity contribution in [2.24, 2.45) is 0 Å². The summed E-state index contributed by atoms with van der Waals surface area (Å²) in [5.74, 6) is -1.03. The summed E-state index contributed by atoms with van der Waals surface area (Å²) in [6.45, 7) is 1.000. The molecule has 0 unspecified atom stereocenters. The molecule has 2 aromatic rings. The molecule has 110 valence electrons. The van der Waals surface area contributed by atoms with E-state index in [1.807, 2.05) is 6.07 Å². The molecule has 7 heteroatoms. The molecule has 0 aliphatic rings. The van der Waals surface area contributed by atoms with E-state index in [1.165, 1.54) is 12.5 Å². The van der Waals surface area contributed by atoms with Crippen molar-refractivity contribution in [3.8, 4) is 0 Å². The number of carbonyl (C=O) groups is 1. The Morgan fingerprint density at radius 2 is 2.14 bits per heavy atom. The van der Waals surface area contributed by atoms with Crippen LogP contribution in [0.2, 0.25) is 10.0 Å². The maximum Gasteiger partial charge on any atom is 0.339 e. The Hall–Kier alpha value is -1.69. The highest BCUT2D eigenvalue weighted by molar-refractivity contribution is 6.35. The predicted octanol–water partition coefficient (Wildman–Crippen LogP) is 2.81. The highest BCUT2D eigenvalue weighted by Gasteiger charge is 2.10. The molecule has 1 heterocycles. The van der Waals surface area contributed by atoms with Crippen LogP contribution in [0.3, 0.4) is 0 Å². The number of halogens is 2. The Morgan fingerprint density at radius 1 is 1.33 bits per heavy atom. The second kappa shape index (κ2) is 7.36. The number of aromatic nitrogens is 2. The zero-order chi connectivity index (χ0) is 15.2. The van der Waals surface area contributed by atoms with Gasteiger partial charge < -0.3 is 10.4 Å². The van der Waals surface area contributed by atoms with Gasteiger partial charge in [-0.2, -0.15) is 0 Å². The van der Waals surface area contributed by atoms with Crippen molar-refractivity contribution in [2.45, 2.75) is 13.0 Å². The summed E-state index contributed by atoms with van der Waals surface area (Å²) in [4.78, 5) is 18.7. The van der Waals surface area contributed by atoms with Crippen LogP contribution in [0, 0.1) is 0 Å². The fourth-order valence-corrected chi connectivity index (χ4v) is 2.33. The van der Waals surface area contributed by atoms with Gasteiger partial charge in [0.2, 0.25) is 0 Å². The fraction of sp³-hybridized carbons (Fsp3) is 0.214. The lowest BCUT2D eigenvalue weighted by molar-refractivity contribution is 0.0694. The van der Waals surface area contributed by atoms with E-state index in [4.69, 9.17) is 28.3 Å². The molecule has 0 fully saturated rings. The van der Waals surface area contributed by atoms with E-state index in [9.17, 15) is 4.79 Å². The molecule has 0 spiro atoms. The first-order valence-electron chi connectivity index (χ1n) is 6.24. The standard InChI is InChI=1S/C14H13Cl2N3O2/c15-10-2-1-9(12(16)5-10)3-4-17-7-13-11(14(20)21)6-18-8-19-13/h1-2,5-6,8,17H,3-4,7H2,(H,20,21). The molecule has 0 saturated carbocycles. The minimum atomic E-state index is -1.03. The van der Waals surface area contributed by atoms with Crippen LogP contribution < -0.4 is 5.32 Å². The quantitative estimate of drug-likeness (QED) is 0.799. The van der Waals surface area contributed by atoms with Gasteiger partial charge in [0.1, 0.15) is 11.9 Å². The van der Waals surface area contributed by atoms with Crippen molar-refractivity contribution >= 4 is 29.2 Å². The molecular weight excluding hydrogens is 313 g/mol. The zero-order valence-corrected chi connectivity index (χ0v) is 12.5. The van der Waals surface area contributed by atoms with Gasteiger partial charge in [-0.3, -0.25) is 0 Å². The molecular formula is C14H13Cl2N3O2. The van der Waals surface area contributed by atoms with E-state index >= 15 is 0 Å². The minimum Gasteiger partial charge on any atom is -0.478 e. The van der Waals surface area contributed by atoms with Crippen LogP contribution in [0.25, 0.3) is 0 Å². The van der Waals surface area contributed by atoms with Crippen molar-refractivity contribution in [3.05, 3.63) is 57.6 Å². The van der Waals surface area contributed by atoms with Gasteiger partial charge in [-0.05, 0) is 30.7 Å². The normalized spacial score (nSPS) is 10.6. The number of nitrogens with one attached hydrogen (secondary N) is 1. The van der Waals surface area contributed by atoms with Crippen LogP contribution in [-0.4, -0.2) is 27.6 Å². The summed E-state index contributed by atoms with van der Waals surface area (Å²) in [6, 6.07) is 5.36. The van der Waals surface area contributed by atoms with Crippen LogP contribution in [0.5, 0.6) is 0 Å². The number of benzene rings is 1. The maximum absolute atomic E-state index is 11.0. The summed E-state index contributed by atoms with van der Waals surface area (Å²) in [5.41, 5.74) is 1.55. The number of nitrogens with zero attached hydrogens (tertiary/aromatic N) is 2.